The second-order valence-electron chi connectivity index (χ2n) is 6.32. The molecule has 0 saturated carbocycles. The van der Waals surface area contributed by atoms with Crippen LogP contribution < -0.4 is 0 Å². The smallest absolute Gasteiger partial charge is 0.156 e. The van der Waals surface area contributed by atoms with E-state index in [2.05, 4.69) is 12.2 Å². The molecule has 3 heteroatoms. The molecule has 0 rings (SSSR count). The van der Waals surface area contributed by atoms with Crippen molar-refractivity contribution in [3.63, 3.8) is 0 Å². The van der Waals surface area contributed by atoms with Crippen LogP contribution in [0.3, 0.4) is 0 Å². The van der Waals surface area contributed by atoms with Gasteiger partial charge in [0.15, 0.2) is 6.29 Å². The van der Waals surface area contributed by atoms with Gasteiger partial charge in [-0.15, -0.1) is 11.6 Å². The molecule has 0 aliphatic heterocycles. The van der Waals surface area contributed by atoms with E-state index in [-0.39, 0.29) is 6.29 Å². The highest BCUT2D eigenvalue weighted by Crippen LogP contribution is 2.13. The summed E-state index contributed by atoms with van der Waals surface area (Å²) >= 11 is 5.62. The minimum absolute atomic E-state index is 0.00850. The SMILES string of the molecule is COC(CCCCCCCCCCCCC/C=C/CCCl)OC. The number of allylic oxidation sites excluding steroid dienone is 2. The van der Waals surface area contributed by atoms with Crippen LogP contribution in [-0.2, 0) is 9.47 Å². The molecule has 2 nitrogen and oxygen atoms in total. The van der Waals surface area contributed by atoms with E-state index in [0.29, 0.717) is 0 Å². The number of methoxy groups -OCH3 is 2. The Balaban J connectivity index is 3.08. The molecule has 0 bridgehead atoms. The number of hydrogen-bond acceptors (Lipinski definition) is 2. The van der Waals surface area contributed by atoms with E-state index in [1.54, 1.807) is 14.2 Å². The molecule has 0 spiro atoms. The molecule has 0 aromatic carbocycles. The normalized spacial score (nSPS) is 11.8. The fourth-order valence-corrected chi connectivity index (χ4v) is 2.92. The topological polar surface area (TPSA) is 18.5 Å². The summed E-state index contributed by atoms with van der Waals surface area (Å²) in [5.74, 6) is 0.747. The minimum Gasteiger partial charge on any atom is -0.356 e. The zero-order valence-corrected chi connectivity index (χ0v) is 16.3. The van der Waals surface area contributed by atoms with E-state index >= 15 is 0 Å². The van der Waals surface area contributed by atoms with Crippen molar-refractivity contribution >= 4 is 11.6 Å². The third-order valence-corrected chi connectivity index (χ3v) is 4.50. The van der Waals surface area contributed by atoms with Crippen LogP contribution in [0.1, 0.15) is 89.9 Å². The van der Waals surface area contributed by atoms with Crippen molar-refractivity contribution in [1.82, 2.24) is 0 Å². The predicted molar refractivity (Wildman–Crippen MR) is 102 cm³/mol. The van der Waals surface area contributed by atoms with Crippen molar-refractivity contribution < 1.29 is 9.47 Å². The number of halogens is 1. The highest BCUT2D eigenvalue weighted by Gasteiger charge is 2.03. The Morgan fingerprint density at radius 2 is 1.09 bits per heavy atom. The highest BCUT2D eigenvalue weighted by atomic mass is 35.5. The largest absolute Gasteiger partial charge is 0.356 e. The first-order valence-corrected chi connectivity index (χ1v) is 10.1. The minimum atomic E-state index is -0.00850. The zero-order chi connectivity index (χ0) is 17.0. The molecule has 0 radical (unpaired) electrons. The lowest BCUT2D eigenvalue weighted by Gasteiger charge is -2.12. The highest BCUT2D eigenvalue weighted by molar-refractivity contribution is 6.17. The third-order valence-electron chi connectivity index (χ3n) is 4.28. The molecule has 138 valence electrons. The van der Waals surface area contributed by atoms with Gasteiger partial charge in [0.05, 0.1) is 0 Å². The van der Waals surface area contributed by atoms with Crippen LogP contribution in [-0.4, -0.2) is 26.4 Å². The van der Waals surface area contributed by atoms with Crippen LogP contribution in [0.4, 0.5) is 0 Å². The Morgan fingerprint density at radius 1 is 0.652 bits per heavy atom. The van der Waals surface area contributed by atoms with Crippen LogP contribution in [0.5, 0.6) is 0 Å². The lowest BCUT2D eigenvalue weighted by molar-refractivity contribution is -0.107. The second kappa shape index (κ2) is 20.0. The van der Waals surface area contributed by atoms with Gasteiger partial charge in [-0.2, -0.15) is 0 Å². The average Bonchev–Trinajstić information content (AvgIpc) is 2.58. The van der Waals surface area contributed by atoms with Crippen LogP contribution in [0, 0.1) is 0 Å². The Labute approximate surface area is 150 Å². The molecular weight excluding hydrogens is 308 g/mol. The van der Waals surface area contributed by atoms with E-state index in [9.17, 15) is 0 Å². The Bertz CT molecular complexity index is 240. The van der Waals surface area contributed by atoms with Gasteiger partial charge in [0.2, 0.25) is 0 Å². The summed E-state index contributed by atoms with van der Waals surface area (Å²) in [5, 5.41) is 0. The lowest BCUT2D eigenvalue weighted by Crippen LogP contribution is -2.12. The second-order valence-corrected chi connectivity index (χ2v) is 6.69. The van der Waals surface area contributed by atoms with Gasteiger partial charge in [0.25, 0.3) is 0 Å². The average molecular weight is 347 g/mol. The quantitative estimate of drug-likeness (QED) is 0.117. The van der Waals surface area contributed by atoms with Gasteiger partial charge in [-0.05, 0) is 32.1 Å². The van der Waals surface area contributed by atoms with E-state index in [0.717, 1.165) is 18.7 Å². The fraction of sp³-hybridized carbons (Fsp3) is 0.900. The van der Waals surface area contributed by atoms with Crippen molar-refractivity contribution in [2.75, 3.05) is 20.1 Å². The van der Waals surface area contributed by atoms with Gasteiger partial charge in [-0.25, -0.2) is 0 Å². The molecule has 0 saturated heterocycles. The maximum absolute atomic E-state index is 5.62. The first kappa shape index (κ1) is 22.9. The van der Waals surface area contributed by atoms with Crippen molar-refractivity contribution in [3.05, 3.63) is 12.2 Å². The van der Waals surface area contributed by atoms with Gasteiger partial charge in [0.1, 0.15) is 0 Å². The van der Waals surface area contributed by atoms with E-state index in [1.165, 1.54) is 77.0 Å². The van der Waals surface area contributed by atoms with Crippen LogP contribution in [0.15, 0.2) is 12.2 Å². The summed E-state index contributed by atoms with van der Waals surface area (Å²) in [4.78, 5) is 0. The number of hydrogen-bond donors (Lipinski definition) is 0. The number of ether oxygens (including phenoxy) is 2. The van der Waals surface area contributed by atoms with E-state index < -0.39 is 0 Å². The lowest BCUT2D eigenvalue weighted by atomic mass is 10.0. The number of alkyl halides is 1. The molecule has 0 unspecified atom stereocenters. The van der Waals surface area contributed by atoms with Gasteiger partial charge < -0.3 is 9.47 Å². The van der Waals surface area contributed by atoms with Gasteiger partial charge in [-0.3, -0.25) is 0 Å². The maximum Gasteiger partial charge on any atom is 0.156 e. The van der Waals surface area contributed by atoms with Gasteiger partial charge >= 0.3 is 0 Å². The summed E-state index contributed by atoms with van der Waals surface area (Å²) in [6.45, 7) is 0. The van der Waals surface area contributed by atoms with Crippen molar-refractivity contribution in [2.45, 2.75) is 96.2 Å². The van der Waals surface area contributed by atoms with E-state index in [1.807, 2.05) is 0 Å². The molecule has 23 heavy (non-hydrogen) atoms. The maximum atomic E-state index is 5.62. The first-order valence-electron chi connectivity index (χ1n) is 9.61. The van der Waals surface area contributed by atoms with Crippen LogP contribution in [0.2, 0.25) is 0 Å². The predicted octanol–water partition coefficient (Wildman–Crippen LogP) is 6.86. The van der Waals surface area contributed by atoms with Crippen molar-refractivity contribution in [3.8, 4) is 0 Å². The molecule has 0 aromatic rings. The summed E-state index contributed by atoms with van der Waals surface area (Å²) in [6, 6.07) is 0. The Hall–Kier alpha value is -0.0500. The Morgan fingerprint density at radius 3 is 1.57 bits per heavy atom. The number of unbranched alkanes of at least 4 members (excludes halogenated alkanes) is 11. The molecule has 0 aliphatic carbocycles. The molecule has 0 fully saturated rings. The third kappa shape index (κ3) is 18.1. The summed E-state index contributed by atoms with van der Waals surface area (Å²) in [7, 11) is 3.43. The monoisotopic (exact) mass is 346 g/mol. The fourth-order valence-electron chi connectivity index (χ4n) is 2.79. The molecular formula is C20H39ClO2. The molecule has 0 atom stereocenters. The summed E-state index contributed by atoms with van der Waals surface area (Å²) in [5.41, 5.74) is 0. The standard InChI is InChI=1S/C20H39ClO2/c1-22-20(23-2)18-16-14-12-10-8-6-4-3-5-7-9-11-13-15-17-19-21/h13,15,20H,3-12,14,16-19H2,1-2H3/b15-13+. The summed E-state index contributed by atoms with van der Waals surface area (Å²) in [6.07, 6.45) is 22.8. The Kier molecular flexibility index (Phi) is 20.0. The van der Waals surface area contributed by atoms with Crippen molar-refractivity contribution in [1.29, 1.82) is 0 Å². The van der Waals surface area contributed by atoms with Crippen LogP contribution >= 0.6 is 11.6 Å². The molecule has 0 heterocycles. The molecule has 0 aromatic heterocycles. The molecule has 0 amide bonds. The van der Waals surface area contributed by atoms with E-state index in [4.69, 9.17) is 21.1 Å². The number of rotatable bonds is 18. The molecule has 0 aliphatic rings. The molecule has 0 N–H and O–H groups in total. The van der Waals surface area contributed by atoms with Gasteiger partial charge in [-0.1, -0.05) is 69.9 Å². The summed E-state index contributed by atoms with van der Waals surface area (Å²) < 4.78 is 10.4. The van der Waals surface area contributed by atoms with Crippen LogP contribution in [0.25, 0.3) is 0 Å². The first-order chi connectivity index (χ1) is 11.3. The van der Waals surface area contributed by atoms with Gasteiger partial charge in [0, 0.05) is 20.1 Å². The zero-order valence-electron chi connectivity index (χ0n) is 15.5. The van der Waals surface area contributed by atoms with Crippen molar-refractivity contribution in [2.24, 2.45) is 0 Å².